The largest absolute Gasteiger partial charge is 0.304 e. The van der Waals surface area contributed by atoms with Gasteiger partial charge < -0.3 is 4.90 Å². The van der Waals surface area contributed by atoms with Crippen molar-refractivity contribution in [2.45, 2.75) is 32.6 Å². The summed E-state index contributed by atoms with van der Waals surface area (Å²) in [5.74, 6) is 0.510. The number of hydrogen-bond acceptors (Lipinski definition) is 4. The van der Waals surface area contributed by atoms with E-state index in [4.69, 9.17) is 4.98 Å². The molecule has 1 saturated heterocycles. The third-order valence-corrected chi connectivity index (χ3v) is 6.39. The normalized spacial score (nSPS) is 16.0. The van der Waals surface area contributed by atoms with Crippen LogP contribution in [-0.4, -0.2) is 43.7 Å². The Hall–Kier alpha value is -2.99. The van der Waals surface area contributed by atoms with Gasteiger partial charge in [0.05, 0.1) is 11.2 Å². The van der Waals surface area contributed by atoms with Gasteiger partial charge in [0.1, 0.15) is 5.65 Å². The Balaban J connectivity index is 1.55. The standard InChI is InChI=1S/C24H27N5O/c1-4-28-9-7-17(8-10-28)19-11-16(2)24-25-22(13-23(30)29(24)15-19)18-5-6-21-20(12-18)14-27(3)26-21/h5-6,11-15,17H,4,7-10H2,1-3H3. The number of pyridine rings is 1. The van der Waals surface area contributed by atoms with E-state index in [0.29, 0.717) is 11.6 Å². The van der Waals surface area contributed by atoms with Gasteiger partial charge in [-0.3, -0.25) is 13.9 Å². The van der Waals surface area contributed by atoms with Crippen LogP contribution in [-0.2, 0) is 7.05 Å². The van der Waals surface area contributed by atoms with E-state index < -0.39 is 0 Å². The van der Waals surface area contributed by atoms with Gasteiger partial charge >= 0.3 is 0 Å². The zero-order valence-electron chi connectivity index (χ0n) is 17.8. The van der Waals surface area contributed by atoms with Crippen LogP contribution in [0, 0.1) is 6.92 Å². The lowest BCUT2D eigenvalue weighted by Gasteiger charge is -2.31. The lowest BCUT2D eigenvalue weighted by Crippen LogP contribution is -2.32. The summed E-state index contributed by atoms with van der Waals surface area (Å²) in [4.78, 5) is 20.4. The number of nitrogens with zero attached hydrogens (tertiary/aromatic N) is 5. The molecular weight excluding hydrogens is 374 g/mol. The number of aromatic nitrogens is 4. The molecule has 0 N–H and O–H groups in total. The van der Waals surface area contributed by atoms with Crippen molar-refractivity contribution in [2.24, 2.45) is 7.05 Å². The summed E-state index contributed by atoms with van der Waals surface area (Å²) >= 11 is 0. The first kappa shape index (κ1) is 19.0. The monoisotopic (exact) mass is 401 g/mol. The van der Waals surface area contributed by atoms with Gasteiger partial charge in [-0.1, -0.05) is 19.1 Å². The first-order valence-corrected chi connectivity index (χ1v) is 10.7. The molecule has 0 unspecified atom stereocenters. The molecule has 154 valence electrons. The van der Waals surface area contributed by atoms with Gasteiger partial charge in [0.25, 0.3) is 5.56 Å². The van der Waals surface area contributed by atoms with Crippen LogP contribution in [0.1, 0.15) is 36.8 Å². The fourth-order valence-electron chi connectivity index (χ4n) is 4.66. The number of rotatable bonds is 3. The molecule has 3 aromatic heterocycles. The molecule has 0 spiro atoms. The Morgan fingerprint density at radius 3 is 2.67 bits per heavy atom. The average molecular weight is 402 g/mol. The summed E-state index contributed by atoms with van der Waals surface area (Å²) in [5.41, 5.74) is 5.59. The summed E-state index contributed by atoms with van der Waals surface area (Å²) < 4.78 is 3.52. The molecule has 1 aromatic carbocycles. The minimum absolute atomic E-state index is 0.0303. The summed E-state index contributed by atoms with van der Waals surface area (Å²) in [6.45, 7) is 7.64. The fraction of sp³-hybridized carbons (Fsp3) is 0.375. The van der Waals surface area contributed by atoms with Crippen molar-refractivity contribution in [2.75, 3.05) is 19.6 Å². The Kier molecular flexibility index (Phi) is 4.66. The predicted molar refractivity (Wildman–Crippen MR) is 120 cm³/mol. The van der Waals surface area contributed by atoms with Gasteiger partial charge in [-0.25, -0.2) is 4.98 Å². The third kappa shape index (κ3) is 3.31. The van der Waals surface area contributed by atoms with Gasteiger partial charge in [-0.15, -0.1) is 0 Å². The van der Waals surface area contributed by atoms with E-state index in [1.165, 1.54) is 5.56 Å². The van der Waals surface area contributed by atoms with Gasteiger partial charge in [-0.05, 0) is 68.6 Å². The lowest BCUT2D eigenvalue weighted by atomic mass is 9.90. The average Bonchev–Trinajstić information content (AvgIpc) is 3.13. The molecule has 1 fully saturated rings. The van der Waals surface area contributed by atoms with E-state index >= 15 is 0 Å². The highest BCUT2D eigenvalue weighted by atomic mass is 16.1. The molecule has 6 heteroatoms. The summed E-state index contributed by atoms with van der Waals surface area (Å²) in [6, 6.07) is 9.88. The molecule has 0 aliphatic carbocycles. The summed E-state index contributed by atoms with van der Waals surface area (Å²) in [7, 11) is 1.91. The molecule has 30 heavy (non-hydrogen) atoms. The Bertz CT molecular complexity index is 1290. The van der Waals surface area contributed by atoms with Crippen molar-refractivity contribution in [3.63, 3.8) is 0 Å². The zero-order chi connectivity index (χ0) is 20.8. The number of aryl methyl sites for hydroxylation is 2. The highest BCUT2D eigenvalue weighted by Crippen LogP contribution is 2.29. The van der Waals surface area contributed by atoms with Crippen molar-refractivity contribution in [1.82, 2.24) is 24.1 Å². The number of piperidine rings is 1. The molecule has 0 amide bonds. The quantitative estimate of drug-likeness (QED) is 0.525. The zero-order valence-corrected chi connectivity index (χ0v) is 17.8. The molecule has 6 nitrogen and oxygen atoms in total. The van der Waals surface area contributed by atoms with E-state index in [-0.39, 0.29) is 5.56 Å². The topological polar surface area (TPSA) is 55.4 Å². The fourth-order valence-corrected chi connectivity index (χ4v) is 4.66. The van der Waals surface area contributed by atoms with Crippen LogP contribution in [0.2, 0.25) is 0 Å². The summed E-state index contributed by atoms with van der Waals surface area (Å²) in [5, 5.41) is 5.47. The van der Waals surface area contributed by atoms with Crippen LogP contribution < -0.4 is 5.56 Å². The number of benzene rings is 1. The van der Waals surface area contributed by atoms with Gasteiger partial charge in [-0.2, -0.15) is 5.10 Å². The number of fused-ring (bicyclic) bond motifs is 2. The Morgan fingerprint density at radius 1 is 1.10 bits per heavy atom. The lowest BCUT2D eigenvalue weighted by molar-refractivity contribution is 0.222. The van der Waals surface area contributed by atoms with E-state index in [0.717, 1.165) is 60.2 Å². The first-order chi connectivity index (χ1) is 14.5. The first-order valence-electron chi connectivity index (χ1n) is 10.7. The molecule has 1 aliphatic rings. The van der Waals surface area contributed by atoms with Crippen molar-refractivity contribution in [3.05, 3.63) is 64.2 Å². The number of hydrogen-bond donors (Lipinski definition) is 0. The van der Waals surface area contributed by atoms with Crippen LogP contribution in [0.3, 0.4) is 0 Å². The molecule has 0 atom stereocenters. The van der Waals surface area contributed by atoms with Crippen molar-refractivity contribution < 1.29 is 0 Å². The van der Waals surface area contributed by atoms with Crippen molar-refractivity contribution in [1.29, 1.82) is 0 Å². The van der Waals surface area contributed by atoms with E-state index in [1.54, 1.807) is 15.1 Å². The SMILES string of the molecule is CCN1CCC(c2cc(C)c3nc(-c4ccc5nn(C)cc5c4)cc(=O)n3c2)CC1. The van der Waals surface area contributed by atoms with Gasteiger partial charge in [0.15, 0.2) is 0 Å². The van der Waals surface area contributed by atoms with Crippen LogP contribution in [0.5, 0.6) is 0 Å². The minimum Gasteiger partial charge on any atom is -0.304 e. The van der Waals surface area contributed by atoms with Gasteiger partial charge in [0.2, 0.25) is 0 Å². The third-order valence-electron chi connectivity index (χ3n) is 6.39. The maximum atomic E-state index is 13.0. The summed E-state index contributed by atoms with van der Waals surface area (Å²) in [6.07, 6.45) is 6.28. The van der Waals surface area contributed by atoms with E-state index in [9.17, 15) is 4.79 Å². The molecule has 0 bridgehead atoms. The second-order valence-corrected chi connectivity index (χ2v) is 8.41. The predicted octanol–water partition coefficient (Wildman–Crippen LogP) is 3.76. The van der Waals surface area contributed by atoms with E-state index in [2.05, 4.69) is 29.9 Å². The highest BCUT2D eigenvalue weighted by molar-refractivity contribution is 5.83. The Labute approximate surface area is 175 Å². The molecular formula is C24H27N5O. The van der Waals surface area contributed by atoms with E-state index in [1.807, 2.05) is 37.6 Å². The van der Waals surface area contributed by atoms with Crippen LogP contribution >= 0.6 is 0 Å². The van der Waals surface area contributed by atoms with Gasteiger partial charge in [0, 0.05) is 36.5 Å². The van der Waals surface area contributed by atoms with Crippen LogP contribution in [0.15, 0.2) is 47.5 Å². The Morgan fingerprint density at radius 2 is 1.90 bits per heavy atom. The maximum absolute atomic E-state index is 13.0. The van der Waals surface area contributed by atoms with Crippen molar-refractivity contribution >= 4 is 16.6 Å². The minimum atomic E-state index is -0.0303. The molecule has 1 aliphatic heterocycles. The maximum Gasteiger partial charge on any atom is 0.258 e. The van der Waals surface area contributed by atoms with Crippen LogP contribution in [0.25, 0.3) is 27.8 Å². The van der Waals surface area contributed by atoms with Crippen LogP contribution in [0.4, 0.5) is 0 Å². The van der Waals surface area contributed by atoms with Crippen molar-refractivity contribution in [3.8, 4) is 11.3 Å². The molecule has 4 aromatic rings. The second kappa shape index (κ2) is 7.36. The highest BCUT2D eigenvalue weighted by Gasteiger charge is 2.21. The molecule has 0 radical (unpaired) electrons. The molecule has 0 saturated carbocycles. The number of likely N-dealkylation sites (tertiary alicyclic amines) is 1. The molecule has 5 rings (SSSR count). The molecule has 4 heterocycles. The second-order valence-electron chi connectivity index (χ2n) is 8.41. The smallest absolute Gasteiger partial charge is 0.258 e.